The lowest BCUT2D eigenvalue weighted by Gasteiger charge is -2.28. The first-order chi connectivity index (χ1) is 25.0. The summed E-state index contributed by atoms with van der Waals surface area (Å²) in [6.07, 6.45) is 38.6. The topological polar surface area (TPSA) is 111 Å². The van der Waals surface area contributed by atoms with Crippen LogP contribution in [0.15, 0.2) is 48.6 Å². The van der Waals surface area contributed by atoms with Crippen LogP contribution >= 0.6 is 7.82 Å². The highest BCUT2D eigenvalue weighted by Crippen LogP contribution is 2.38. The SMILES string of the molecule is CCCCC/C=C/C/C=C/C/C=C/C/C=C/CCCCCC(=O)OC[C@@H](COP(=O)([O-])OCC[N+](C)(C)C)OC(=O)CCCCCCCCCCC. The monoisotopic (exact) mass is 754 g/mol. The van der Waals surface area contributed by atoms with Crippen LogP contribution in [0.4, 0.5) is 0 Å². The van der Waals surface area contributed by atoms with Gasteiger partial charge >= 0.3 is 11.9 Å². The molecule has 0 aliphatic carbocycles. The highest BCUT2D eigenvalue weighted by atomic mass is 31.2. The van der Waals surface area contributed by atoms with Gasteiger partial charge in [0.15, 0.2) is 6.10 Å². The predicted molar refractivity (Wildman–Crippen MR) is 213 cm³/mol. The number of nitrogens with zero attached hydrogens (tertiary/aromatic N) is 1. The minimum absolute atomic E-state index is 0.0370. The Morgan fingerprint density at radius 1 is 0.596 bits per heavy atom. The molecule has 0 amide bonds. The molecule has 0 rings (SSSR count). The maximum atomic E-state index is 12.6. The van der Waals surface area contributed by atoms with Crippen molar-refractivity contribution in [3.8, 4) is 0 Å². The van der Waals surface area contributed by atoms with Crippen molar-refractivity contribution >= 4 is 19.8 Å². The summed E-state index contributed by atoms with van der Waals surface area (Å²) in [5, 5.41) is 0. The molecule has 0 aromatic rings. The van der Waals surface area contributed by atoms with Gasteiger partial charge in [-0.2, -0.15) is 0 Å². The number of phosphoric ester groups is 1. The van der Waals surface area contributed by atoms with E-state index in [1.165, 1.54) is 57.8 Å². The van der Waals surface area contributed by atoms with E-state index in [1.807, 2.05) is 21.1 Å². The van der Waals surface area contributed by atoms with Gasteiger partial charge in [0.25, 0.3) is 7.82 Å². The Hall–Kier alpha value is -2.03. The molecule has 0 N–H and O–H groups in total. The molecule has 0 spiro atoms. The summed E-state index contributed by atoms with van der Waals surface area (Å²) >= 11 is 0. The van der Waals surface area contributed by atoms with Crippen LogP contribution < -0.4 is 4.89 Å². The van der Waals surface area contributed by atoms with Gasteiger partial charge in [0.1, 0.15) is 19.8 Å². The Kier molecular flexibility index (Phi) is 33.4. The molecule has 0 fully saturated rings. The maximum Gasteiger partial charge on any atom is 0.306 e. The number of quaternary nitrogens is 1. The van der Waals surface area contributed by atoms with Gasteiger partial charge in [-0.15, -0.1) is 0 Å². The molecule has 0 saturated heterocycles. The zero-order chi connectivity index (χ0) is 38.6. The van der Waals surface area contributed by atoms with Gasteiger partial charge in [0.2, 0.25) is 0 Å². The number of carbonyl (C=O) groups excluding carboxylic acids is 2. The molecule has 0 aliphatic heterocycles. The summed E-state index contributed by atoms with van der Waals surface area (Å²) in [4.78, 5) is 37.3. The van der Waals surface area contributed by atoms with E-state index in [9.17, 15) is 19.0 Å². The number of hydrogen-bond donors (Lipinski definition) is 0. The van der Waals surface area contributed by atoms with Crippen LogP contribution in [-0.2, 0) is 32.7 Å². The van der Waals surface area contributed by atoms with Crippen LogP contribution in [0.2, 0.25) is 0 Å². The molecule has 52 heavy (non-hydrogen) atoms. The van der Waals surface area contributed by atoms with E-state index in [0.717, 1.165) is 57.8 Å². The normalized spacial score (nSPS) is 14.2. The van der Waals surface area contributed by atoms with Crippen LogP contribution in [0, 0.1) is 0 Å². The van der Waals surface area contributed by atoms with E-state index in [2.05, 4.69) is 62.5 Å². The van der Waals surface area contributed by atoms with Crippen molar-refractivity contribution in [2.24, 2.45) is 0 Å². The third-order valence-corrected chi connectivity index (χ3v) is 9.32. The fourth-order valence-corrected chi connectivity index (χ4v) is 5.84. The van der Waals surface area contributed by atoms with Crippen molar-refractivity contribution in [3.63, 3.8) is 0 Å². The molecule has 0 aromatic carbocycles. The maximum absolute atomic E-state index is 12.6. The van der Waals surface area contributed by atoms with E-state index in [1.54, 1.807) is 0 Å². The second kappa shape index (κ2) is 34.7. The average molecular weight is 754 g/mol. The smallest absolute Gasteiger partial charge is 0.306 e. The third-order valence-electron chi connectivity index (χ3n) is 8.35. The van der Waals surface area contributed by atoms with E-state index >= 15 is 0 Å². The fourth-order valence-electron chi connectivity index (χ4n) is 5.11. The summed E-state index contributed by atoms with van der Waals surface area (Å²) < 4.78 is 33.7. The lowest BCUT2D eigenvalue weighted by atomic mass is 10.1. The molecule has 0 saturated carbocycles. The van der Waals surface area contributed by atoms with Gasteiger partial charge in [-0.25, -0.2) is 0 Å². The first-order valence-electron chi connectivity index (χ1n) is 20.3. The van der Waals surface area contributed by atoms with Crippen molar-refractivity contribution in [1.29, 1.82) is 0 Å². The van der Waals surface area contributed by atoms with Gasteiger partial charge in [-0.1, -0.05) is 133 Å². The van der Waals surface area contributed by atoms with Crippen LogP contribution in [0.25, 0.3) is 0 Å². The van der Waals surface area contributed by atoms with Crippen molar-refractivity contribution in [2.45, 2.75) is 161 Å². The highest BCUT2D eigenvalue weighted by molar-refractivity contribution is 7.45. The third kappa shape index (κ3) is 37.7. The van der Waals surface area contributed by atoms with E-state index in [-0.39, 0.29) is 26.1 Å². The number of esters is 2. The number of carbonyl (C=O) groups is 2. The minimum atomic E-state index is -4.62. The second-order valence-electron chi connectivity index (χ2n) is 14.7. The van der Waals surface area contributed by atoms with Crippen LogP contribution in [0.5, 0.6) is 0 Å². The quantitative estimate of drug-likeness (QED) is 0.0204. The molecule has 0 bridgehead atoms. The number of phosphoric acid groups is 1. The molecular formula is C42H76NO8P. The molecule has 0 heterocycles. The van der Waals surface area contributed by atoms with Gasteiger partial charge in [0.05, 0.1) is 27.7 Å². The highest BCUT2D eigenvalue weighted by Gasteiger charge is 2.21. The summed E-state index contributed by atoms with van der Waals surface area (Å²) in [5.74, 6) is -0.877. The largest absolute Gasteiger partial charge is 0.756 e. The van der Waals surface area contributed by atoms with Gasteiger partial charge < -0.3 is 27.9 Å². The lowest BCUT2D eigenvalue weighted by Crippen LogP contribution is -2.37. The molecule has 302 valence electrons. The molecule has 0 aromatic heterocycles. The number of unbranched alkanes of at least 4 members (excludes halogenated alkanes) is 14. The number of likely N-dealkylation sites (N-methyl/N-ethyl adjacent to an activating group) is 1. The Labute approximate surface area is 318 Å². The summed E-state index contributed by atoms with van der Waals surface area (Å²) in [7, 11) is 1.14. The zero-order valence-corrected chi connectivity index (χ0v) is 34.6. The molecule has 0 radical (unpaired) electrons. The van der Waals surface area contributed by atoms with Crippen LogP contribution in [-0.4, -0.2) is 70.0 Å². The Morgan fingerprint density at radius 2 is 1.04 bits per heavy atom. The molecular weight excluding hydrogens is 677 g/mol. The first-order valence-corrected chi connectivity index (χ1v) is 21.8. The Bertz CT molecular complexity index is 1030. The minimum Gasteiger partial charge on any atom is -0.756 e. The van der Waals surface area contributed by atoms with Crippen molar-refractivity contribution in [1.82, 2.24) is 0 Å². The fraction of sp³-hybridized carbons (Fsp3) is 0.762. The van der Waals surface area contributed by atoms with Crippen molar-refractivity contribution < 1.29 is 42.1 Å². The Balaban J connectivity index is 4.40. The molecule has 1 unspecified atom stereocenters. The van der Waals surface area contributed by atoms with Gasteiger partial charge in [0, 0.05) is 12.8 Å². The first kappa shape index (κ1) is 50.0. The van der Waals surface area contributed by atoms with Gasteiger partial charge in [-0.05, 0) is 57.8 Å². The average Bonchev–Trinajstić information content (AvgIpc) is 3.09. The molecule has 0 aliphatic rings. The predicted octanol–water partition coefficient (Wildman–Crippen LogP) is 10.5. The summed E-state index contributed by atoms with van der Waals surface area (Å²) in [5.41, 5.74) is 0. The molecule has 9 nitrogen and oxygen atoms in total. The van der Waals surface area contributed by atoms with E-state index in [0.29, 0.717) is 23.9 Å². The molecule has 10 heteroatoms. The molecule has 2 atom stereocenters. The summed E-state index contributed by atoms with van der Waals surface area (Å²) in [6.45, 7) is 4.12. The second-order valence-corrected chi connectivity index (χ2v) is 16.1. The van der Waals surface area contributed by atoms with Gasteiger partial charge in [-0.3, -0.25) is 14.2 Å². The standard InChI is InChI=1S/C42H76NO8P/c1-6-8-10-12-14-16-17-18-19-20-21-22-23-24-25-27-28-30-32-34-41(44)48-38-40(39-50-52(46,47)49-37-36-43(3,4)5)51-42(45)35-33-31-29-26-15-13-11-9-7-2/h14,16,18-19,21-22,24-25,40H,6-13,15,17,20,23,26-39H2,1-5H3/b16-14+,19-18+,22-21+,25-24+/t40-/m0/s1. The van der Waals surface area contributed by atoms with Crippen LogP contribution in [0.3, 0.4) is 0 Å². The number of ether oxygens (including phenoxy) is 2. The number of rotatable bonds is 36. The van der Waals surface area contributed by atoms with Crippen molar-refractivity contribution in [3.05, 3.63) is 48.6 Å². The Morgan fingerprint density at radius 3 is 1.58 bits per heavy atom. The number of allylic oxidation sites excluding steroid dienone is 8. The zero-order valence-electron chi connectivity index (χ0n) is 33.7. The number of hydrogen-bond acceptors (Lipinski definition) is 8. The van der Waals surface area contributed by atoms with E-state index < -0.39 is 32.5 Å². The summed E-state index contributed by atoms with van der Waals surface area (Å²) in [6, 6.07) is 0. The van der Waals surface area contributed by atoms with E-state index in [4.69, 9.17) is 18.5 Å². The lowest BCUT2D eigenvalue weighted by molar-refractivity contribution is -0.870. The van der Waals surface area contributed by atoms with Crippen LogP contribution in [0.1, 0.15) is 155 Å². The van der Waals surface area contributed by atoms with Crippen molar-refractivity contribution in [2.75, 3.05) is 47.5 Å².